The Morgan fingerprint density at radius 2 is 1.67 bits per heavy atom. The third kappa shape index (κ3) is 3.49. The summed E-state index contributed by atoms with van der Waals surface area (Å²) in [7, 11) is -3.63. The van der Waals surface area contributed by atoms with Crippen LogP contribution in [0.1, 0.15) is 26.7 Å². The molecule has 1 aliphatic rings. The quantitative estimate of drug-likeness (QED) is 0.876. The molecule has 4 nitrogen and oxygen atoms in total. The topological polar surface area (TPSA) is 58.2 Å². The number of hydrogen-bond acceptors (Lipinski definition) is 3. The van der Waals surface area contributed by atoms with Crippen molar-refractivity contribution in [1.29, 1.82) is 0 Å². The van der Waals surface area contributed by atoms with E-state index in [0.29, 0.717) is 0 Å². The van der Waals surface area contributed by atoms with Crippen molar-refractivity contribution in [1.82, 2.24) is 4.72 Å². The van der Waals surface area contributed by atoms with E-state index in [4.69, 9.17) is 0 Å². The molecule has 0 unspecified atom stereocenters. The van der Waals surface area contributed by atoms with Crippen LogP contribution in [-0.2, 0) is 10.0 Å². The van der Waals surface area contributed by atoms with Crippen LogP contribution in [0, 0.1) is 0 Å². The lowest BCUT2D eigenvalue weighted by atomic mass is 10.2. The zero-order valence-corrected chi connectivity index (χ0v) is 12.5. The van der Waals surface area contributed by atoms with Gasteiger partial charge in [-0.15, -0.1) is 0 Å². The van der Waals surface area contributed by atoms with Gasteiger partial charge in [-0.05, 0) is 51.0 Å². The van der Waals surface area contributed by atoms with Crippen molar-refractivity contribution >= 4 is 15.7 Å². The molecule has 8 heteroatoms. The largest absolute Gasteiger partial charge is 0.411 e. The van der Waals surface area contributed by atoms with Gasteiger partial charge in [0.25, 0.3) is 0 Å². The van der Waals surface area contributed by atoms with Gasteiger partial charge >= 0.3 is 6.18 Å². The molecule has 1 aromatic rings. The number of hydrogen-bond donors (Lipinski definition) is 2. The average Bonchev–Trinajstić information content (AvgIpc) is 3.08. The summed E-state index contributed by atoms with van der Waals surface area (Å²) in [5, 5.41) is 2.45. The first-order chi connectivity index (χ1) is 9.56. The van der Waals surface area contributed by atoms with Gasteiger partial charge in [0.15, 0.2) is 0 Å². The minimum Gasteiger partial charge on any atom is -0.372 e. The molecule has 0 bridgehead atoms. The lowest BCUT2D eigenvalue weighted by molar-refractivity contribution is -0.151. The highest BCUT2D eigenvalue weighted by Crippen LogP contribution is 2.51. The molecule has 1 fully saturated rings. The highest BCUT2D eigenvalue weighted by Gasteiger charge is 2.63. The molecule has 0 spiro atoms. The van der Waals surface area contributed by atoms with E-state index in [9.17, 15) is 21.6 Å². The maximum absolute atomic E-state index is 12.8. The molecule has 0 saturated heterocycles. The zero-order valence-electron chi connectivity index (χ0n) is 11.7. The predicted molar refractivity (Wildman–Crippen MR) is 73.5 cm³/mol. The molecular weight excluding hydrogens is 305 g/mol. The second-order valence-electron chi connectivity index (χ2n) is 5.51. The van der Waals surface area contributed by atoms with Gasteiger partial charge in [-0.2, -0.15) is 13.2 Å². The molecule has 0 amide bonds. The third-order valence-corrected chi connectivity index (χ3v) is 4.91. The van der Waals surface area contributed by atoms with E-state index in [-0.39, 0.29) is 29.5 Å². The molecule has 21 heavy (non-hydrogen) atoms. The lowest BCUT2D eigenvalue weighted by Gasteiger charge is -2.22. The van der Waals surface area contributed by atoms with Crippen molar-refractivity contribution in [3.05, 3.63) is 24.3 Å². The number of rotatable bonds is 5. The van der Waals surface area contributed by atoms with E-state index < -0.39 is 21.7 Å². The maximum atomic E-state index is 12.8. The fraction of sp³-hybridized carbons (Fsp3) is 0.538. The van der Waals surface area contributed by atoms with Crippen LogP contribution in [0.15, 0.2) is 29.2 Å². The second-order valence-corrected chi connectivity index (χ2v) is 7.22. The normalized spacial score (nSPS) is 17.8. The van der Waals surface area contributed by atoms with Crippen molar-refractivity contribution in [2.24, 2.45) is 0 Å². The number of sulfonamides is 1. The summed E-state index contributed by atoms with van der Waals surface area (Å²) in [5.41, 5.74) is -1.60. The van der Waals surface area contributed by atoms with Gasteiger partial charge in [0.1, 0.15) is 5.54 Å². The van der Waals surface area contributed by atoms with E-state index in [1.807, 2.05) is 0 Å². The Balaban J connectivity index is 2.14. The molecule has 2 N–H and O–H groups in total. The lowest BCUT2D eigenvalue weighted by Crippen LogP contribution is -2.38. The summed E-state index contributed by atoms with van der Waals surface area (Å²) in [4.78, 5) is 0.0265. The zero-order chi connectivity index (χ0) is 15.9. The van der Waals surface area contributed by atoms with E-state index in [0.717, 1.165) is 0 Å². The number of anilines is 1. The molecule has 0 heterocycles. The number of halogens is 3. The SMILES string of the molecule is CC(C)NS(=O)(=O)c1ccc(NC2(C(F)(F)F)CC2)cc1. The molecule has 1 saturated carbocycles. The molecule has 0 atom stereocenters. The molecule has 0 radical (unpaired) electrons. The molecule has 0 aromatic heterocycles. The average molecular weight is 322 g/mol. The van der Waals surface area contributed by atoms with Crippen LogP contribution in [0.25, 0.3) is 0 Å². The summed E-state index contributed by atoms with van der Waals surface area (Å²) >= 11 is 0. The molecular formula is C13H17F3N2O2S. The third-order valence-electron chi connectivity index (χ3n) is 3.23. The number of benzene rings is 1. The van der Waals surface area contributed by atoms with Crippen LogP contribution in [0.3, 0.4) is 0 Å². The Morgan fingerprint density at radius 1 is 1.14 bits per heavy atom. The van der Waals surface area contributed by atoms with Gasteiger partial charge in [-0.25, -0.2) is 13.1 Å². The molecule has 2 rings (SSSR count). The first-order valence-electron chi connectivity index (χ1n) is 6.53. The van der Waals surface area contributed by atoms with Gasteiger partial charge in [-0.1, -0.05) is 0 Å². The van der Waals surface area contributed by atoms with Crippen LogP contribution in [0.5, 0.6) is 0 Å². The van der Waals surface area contributed by atoms with Crippen LogP contribution in [0.2, 0.25) is 0 Å². The van der Waals surface area contributed by atoms with Gasteiger partial charge in [0.2, 0.25) is 10.0 Å². The smallest absolute Gasteiger partial charge is 0.372 e. The summed E-state index contributed by atoms with van der Waals surface area (Å²) in [6, 6.07) is 5.02. The second kappa shape index (κ2) is 5.17. The Hall–Kier alpha value is -1.28. The van der Waals surface area contributed by atoms with Crippen LogP contribution >= 0.6 is 0 Å². The Kier molecular flexibility index (Phi) is 3.96. The maximum Gasteiger partial charge on any atom is 0.411 e. The van der Waals surface area contributed by atoms with Crippen LogP contribution in [0.4, 0.5) is 18.9 Å². The van der Waals surface area contributed by atoms with Gasteiger partial charge < -0.3 is 5.32 Å². The van der Waals surface area contributed by atoms with E-state index in [1.165, 1.54) is 24.3 Å². The summed E-state index contributed by atoms with van der Waals surface area (Å²) in [6.45, 7) is 3.38. The summed E-state index contributed by atoms with van der Waals surface area (Å²) in [5.74, 6) is 0. The number of alkyl halides is 3. The summed E-state index contributed by atoms with van der Waals surface area (Å²) in [6.07, 6.45) is -4.24. The fourth-order valence-electron chi connectivity index (χ4n) is 1.98. The van der Waals surface area contributed by atoms with Crippen molar-refractivity contribution in [2.45, 2.75) is 49.3 Å². The minimum atomic E-state index is -4.31. The van der Waals surface area contributed by atoms with E-state index in [2.05, 4.69) is 10.0 Å². The van der Waals surface area contributed by atoms with Crippen LogP contribution < -0.4 is 10.0 Å². The van der Waals surface area contributed by atoms with Crippen molar-refractivity contribution in [3.63, 3.8) is 0 Å². The minimum absolute atomic E-state index is 0.0265. The fourth-order valence-corrected chi connectivity index (χ4v) is 3.23. The van der Waals surface area contributed by atoms with Gasteiger partial charge in [0.05, 0.1) is 4.90 Å². The monoisotopic (exact) mass is 322 g/mol. The van der Waals surface area contributed by atoms with Crippen LogP contribution in [-0.4, -0.2) is 26.2 Å². The molecule has 118 valence electrons. The predicted octanol–water partition coefficient (Wildman–Crippen LogP) is 2.88. The Bertz CT molecular complexity index is 605. The first-order valence-corrected chi connectivity index (χ1v) is 8.01. The van der Waals surface area contributed by atoms with E-state index >= 15 is 0 Å². The standard InChI is InChI=1S/C13H17F3N2O2S/c1-9(2)18-21(19,20)11-5-3-10(4-6-11)17-12(7-8-12)13(14,15)16/h3-6,9,17-18H,7-8H2,1-2H3. The van der Waals surface area contributed by atoms with Crippen molar-refractivity contribution < 1.29 is 21.6 Å². The molecule has 0 aliphatic heterocycles. The highest BCUT2D eigenvalue weighted by atomic mass is 32.2. The summed E-state index contributed by atoms with van der Waals surface area (Å²) < 4.78 is 64.7. The van der Waals surface area contributed by atoms with E-state index in [1.54, 1.807) is 13.8 Å². The first kappa shape index (κ1) is 16.1. The Labute approximate surface area is 121 Å². The highest BCUT2D eigenvalue weighted by molar-refractivity contribution is 7.89. The van der Waals surface area contributed by atoms with Gasteiger partial charge in [-0.3, -0.25) is 0 Å². The van der Waals surface area contributed by atoms with Gasteiger partial charge in [0, 0.05) is 11.7 Å². The molecule has 1 aromatic carbocycles. The van der Waals surface area contributed by atoms with Crippen molar-refractivity contribution in [2.75, 3.05) is 5.32 Å². The molecule has 1 aliphatic carbocycles. The van der Waals surface area contributed by atoms with Crippen molar-refractivity contribution in [3.8, 4) is 0 Å². The Morgan fingerprint density at radius 3 is 2.05 bits per heavy atom. The number of nitrogens with one attached hydrogen (secondary N) is 2.